The molecule has 3 N–H and O–H groups in total. The van der Waals surface area contributed by atoms with E-state index in [1.807, 2.05) is 0 Å². The van der Waals surface area contributed by atoms with Crippen LogP contribution in [0.3, 0.4) is 0 Å². The molecular formula is C17H19N3O4S. The van der Waals surface area contributed by atoms with Crippen molar-refractivity contribution in [2.24, 2.45) is 5.92 Å². The van der Waals surface area contributed by atoms with Crippen LogP contribution in [0.2, 0.25) is 0 Å². The van der Waals surface area contributed by atoms with Crippen molar-refractivity contribution >= 4 is 21.8 Å². The van der Waals surface area contributed by atoms with Crippen molar-refractivity contribution in [3.8, 4) is 0 Å². The Kier molecular flexibility index (Phi) is 5.00. The van der Waals surface area contributed by atoms with Crippen molar-refractivity contribution in [1.29, 1.82) is 0 Å². The standard InChI is InChI=1S/C17H19N3O4S/c21-17(22)14-5-3-12(4-6-14)9-18-16-8-7-15(11-19-16)25(23,24)20-10-13-1-2-13/h3-8,11,13,20H,1-2,9-10H2,(H,18,19)(H,21,22). The van der Waals surface area contributed by atoms with Crippen molar-refractivity contribution in [2.45, 2.75) is 24.3 Å². The quantitative estimate of drug-likeness (QED) is 0.664. The maximum absolute atomic E-state index is 12.1. The van der Waals surface area contributed by atoms with Crippen LogP contribution in [0.1, 0.15) is 28.8 Å². The van der Waals surface area contributed by atoms with Crippen molar-refractivity contribution < 1.29 is 18.3 Å². The third-order valence-electron chi connectivity index (χ3n) is 3.98. The highest BCUT2D eigenvalue weighted by atomic mass is 32.2. The summed E-state index contributed by atoms with van der Waals surface area (Å²) in [7, 11) is -3.51. The maximum Gasteiger partial charge on any atom is 0.335 e. The maximum atomic E-state index is 12.1. The SMILES string of the molecule is O=C(O)c1ccc(CNc2ccc(S(=O)(=O)NCC3CC3)cn2)cc1. The van der Waals surface area contributed by atoms with Crippen LogP contribution in [0.25, 0.3) is 0 Å². The lowest BCUT2D eigenvalue weighted by atomic mass is 10.1. The number of pyridine rings is 1. The van der Waals surface area contributed by atoms with E-state index in [4.69, 9.17) is 5.11 Å². The highest BCUT2D eigenvalue weighted by molar-refractivity contribution is 7.89. The van der Waals surface area contributed by atoms with Gasteiger partial charge in [-0.1, -0.05) is 12.1 Å². The van der Waals surface area contributed by atoms with E-state index in [0.29, 0.717) is 24.8 Å². The normalized spacial score (nSPS) is 14.2. The number of sulfonamides is 1. The highest BCUT2D eigenvalue weighted by Gasteiger charge is 2.24. The molecule has 0 atom stereocenters. The highest BCUT2D eigenvalue weighted by Crippen LogP contribution is 2.28. The number of carbonyl (C=O) groups is 1. The molecule has 0 radical (unpaired) electrons. The fourth-order valence-corrected chi connectivity index (χ4v) is 3.29. The topological polar surface area (TPSA) is 108 Å². The summed E-state index contributed by atoms with van der Waals surface area (Å²) in [6.45, 7) is 0.938. The Balaban J connectivity index is 1.57. The molecule has 25 heavy (non-hydrogen) atoms. The number of carboxylic acid groups (broad SMARTS) is 1. The summed E-state index contributed by atoms with van der Waals surface area (Å²) in [5, 5.41) is 11.9. The van der Waals surface area contributed by atoms with E-state index >= 15 is 0 Å². The zero-order valence-corrected chi connectivity index (χ0v) is 14.3. The molecule has 0 aliphatic heterocycles. The van der Waals surface area contributed by atoms with Crippen LogP contribution in [0.5, 0.6) is 0 Å². The predicted octanol–water partition coefficient (Wildman–Crippen LogP) is 2.08. The van der Waals surface area contributed by atoms with Crippen molar-refractivity contribution in [3.63, 3.8) is 0 Å². The summed E-state index contributed by atoms with van der Waals surface area (Å²) >= 11 is 0. The number of aromatic nitrogens is 1. The number of hydrogen-bond donors (Lipinski definition) is 3. The molecule has 2 aromatic rings. The molecular weight excluding hydrogens is 342 g/mol. The number of anilines is 1. The van der Waals surface area contributed by atoms with E-state index < -0.39 is 16.0 Å². The van der Waals surface area contributed by atoms with Crippen molar-refractivity contribution in [2.75, 3.05) is 11.9 Å². The van der Waals surface area contributed by atoms with Crippen molar-refractivity contribution in [3.05, 3.63) is 53.7 Å². The Labute approximate surface area is 146 Å². The molecule has 1 saturated carbocycles. The van der Waals surface area contributed by atoms with Gasteiger partial charge in [0.2, 0.25) is 10.0 Å². The van der Waals surface area contributed by atoms with Gasteiger partial charge in [-0.3, -0.25) is 0 Å². The van der Waals surface area contributed by atoms with Crippen LogP contribution in [-0.2, 0) is 16.6 Å². The molecule has 1 aliphatic carbocycles. The first-order chi connectivity index (χ1) is 11.9. The molecule has 8 heteroatoms. The van der Waals surface area contributed by atoms with E-state index in [9.17, 15) is 13.2 Å². The first-order valence-electron chi connectivity index (χ1n) is 7.96. The number of rotatable bonds is 8. The smallest absolute Gasteiger partial charge is 0.335 e. The van der Waals surface area contributed by atoms with Gasteiger partial charge in [0.1, 0.15) is 10.7 Å². The molecule has 1 aromatic carbocycles. The number of nitrogens with one attached hydrogen (secondary N) is 2. The Morgan fingerprint density at radius 3 is 2.44 bits per heavy atom. The van der Waals surface area contributed by atoms with E-state index in [1.165, 1.54) is 24.4 Å². The minimum absolute atomic E-state index is 0.143. The van der Waals surface area contributed by atoms with Gasteiger partial charge >= 0.3 is 5.97 Å². The molecule has 1 fully saturated rings. The molecule has 0 spiro atoms. The summed E-state index contributed by atoms with van der Waals surface area (Å²) < 4.78 is 26.8. The van der Waals surface area contributed by atoms with Gasteiger partial charge in [0.05, 0.1) is 5.56 Å². The lowest BCUT2D eigenvalue weighted by molar-refractivity contribution is 0.0697. The Morgan fingerprint density at radius 1 is 1.16 bits per heavy atom. The van der Waals surface area contributed by atoms with E-state index in [0.717, 1.165) is 18.4 Å². The Hall–Kier alpha value is -2.45. The van der Waals surface area contributed by atoms with Crippen LogP contribution in [-0.4, -0.2) is 31.0 Å². The second-order valence-electron chi connectivity index (χ2n) is 6.03. The van der Waals surface area contributed by atoms with Gasteiger partial charge in [0, 0.05) is 19.3 Å². The van der Waals surface area contributed by atoms with E-state index in [-0.39, 0.29) is 10.5 Å². The summed E-state index contributed by atoms with van der Waals surface area (Å²) in [6, 6.07) is 9.63. The fourth-order valence-electron chi connectivity index (χ4n) is 2.23. The zero-order chi connectivity index (χ0) is 17.9. The minimum atomic E-state index is -3.51. The van der Waals surface area contributed by atoms with Gasteiger partial charge < -0.3 is 10.4 Å². The zero-order valence-electron chi connectivity index (χ0n) is 13.5. The average molecular weight is 361 g/mol. The lowest BCUT2D eigenvalue weighted by Crippen LogP contribution is -2.25. The predicted molar refractivity (Wildman–Crippen MR) is 92.9 cm³/mol. The summed E-state index contributed by atoms with van der Waals surface area (Å²) in [4.78, 5) is 15.1. The van der Waals surface area contributed by atoms with Gasteiger partial charge in [-0.2, -0.15) is 0 Å². The molecule has 7 nitrogen and oxygen atoms in total. The molecule has 3 rings (SSSR count). The molecule has 0 amide bonds. The molecule has 0 unspecified atom stereocenters. The number of hydrogen-bond acceptors (Lipinski definition) is 5. The first kappa shape index (κ1) is 17.4. The van der Waals surface area contributed by atoms with E-state index in [2.05, 4.69) is 15.0 Å². The summed E-state index contributed by atoms with van der Waals surface area (Å²) in [5.41, 5.74) is 1.13. The van der Waals surface area contributed by atoms with Gasteiger partial charge in [-0.05, 0) is 48.6 Å². The van der Waals surface area contributed by atoms with Crippen LogP contribution < -0.4 is 10.0 Å². The number of nitrogens with zero attached hydrogens (tertiary/aromatic N) is 1. The second kappa shape index (κ2) is 7.20. The first-order valence-corrected chi connectivity index (χ1v) is 9.44. The Bertz CT molecular complexity index is 844. The van der Waals surface area contributed by atoms with E-state index in [1.54, 1.807) is 18.2 Å². The van der Waals surface area contributed by atoms with Crippen LogP contribution in [0.4, 0.5) is 5.82 Å². The van der Waals surface area contributed by atoms with Crippen molar-refractivity contribution in [1.82, 2.24) is 9.71 Å². The molecule has 132 valence electrons. The largest absolute Gasteiger partial charge is 0.478 e. The number of aromatic carboxylic acids is 1. The minimum Gasteiger partial charge on any atom is -0.478 e. The molecule has 0 saturated heterocycles. The summed E-state index contributed by atoms with van der Waals surface area (Å²) in [6.07, 6.45) is 3.49. The Morgan fingerprint density at radius 2 is 1.88 bits per heavy atom. The lowest BCUT2D eigenvalue weighted by Gasteiger charge is -2.08. The third kappa shape index (κ3) is 4.77. The van der Waals surface area contributed by atoms with Crippen LogP contribution in [0, 0.1) is 5.92 Å². The van der Waals surface area contributed by atoms with Gasteiger partial charge in [-0.25, -0.2) is 22.9 Å². The molecule has 1 heterocycles. The molecule has 1 aromatic heterocycles. The van der Waals surface area contributed by atoms with Gasteiger partial charge in [-0.15, -0.1) is 0 Å². The van der Waals surface area contributed by atoms with Gasteiger partial charge in [0.25, 0.3) is 0 Å². The van der Waals surface area contributed by atoms with Crippen LogP contribution in [0.15, 0.2) is 47.5 Å². The van der Waals surface area contributed by atoms with Gasteiger partial charge in [0.15, 0.2) is 0 Å². The fraction of sp³-hybridized carbons (Fsp3) is 0.294. The average Bonchev–Trinajstić information content (AvgIpc) is 3.43. The second-order valence-corrected chi connectivity index (χ2v) is 7.80. The summed E-state index contributed by atoms with van der Waals surface area (Å²) in [5.74, 6) is 0.0490. The third-order valence-corrected chi connectivity index (χ3v) is 5.39. The monoisotopic (exact) mass is 361 g/mol. The number of carboxylic acids is 1. The van der Waals surface area contributed by atoms with Crippen LogP contribution >= 0.6 is 0 Å². The molecule has 0 bridgehead atoms. The number of benzene rings is 1. The molecule has 1 aliphatic rings.